The molecule has 0 bridgehead atoms. The molecule has 3 rings (SSSR count). The van der Waals surface area contributed by atoms with Gasteiger partial charge in [0, 0.05) is 4.88 Å². The molecule has 1 aromatic carbocycles. The first-order valence-corrected chi connectivity index (χ1v) is 7.93. The number of hydrogen-bond donors (Lipinski definition) is 1. The zero-order chi connectivity index (χ0) is 13.2. The summed E-state index contributed by atoms with van der Waals surface area (Å²) in [7, 11) is 0. The number of benzene rings is 1. The average Bonchev–Trinajstić information content (AvgIpc) is 2.75. The number of aliphatic hydroxyl groups is 1. The Morgan fingerprint density at radius 1 is 1.21 bits per heavy atom. The van der Waals surface area contributed by atoms with Crippen LogP contribution in [0.3, 0.4) is 0 Å². The number of aliphatic hydroxyl groups excluding tert-OH is 1. The summed E-state index contributed by atoms with van der Waals surface area (Å²) in [6.45, 7) is 0. The van der Waals surface area contributed by atoms with E-state index in [4.69, 9.17) is 11.6 Å². The predicted molar refractivity (Wildman–Crippen MR) is 80.9 cm³/mol. The smallest absolute Gasteiger partial charge is 0.0931 e. The standard InChI is InChI=1S/C16H17ClOS/c17-15-9-8-13(19-15)10-12-6-3-5-11-4-1-2-7-14(11)16(12)18/h1-2,4,7-9,12,16,18H,3,5-6,10H2. The molecule has 2 unspecified atom stereocenters. The van der Waals surface area contributed by atoms with Crippen molar-refractivity contribution in [2.24, 2.45) is 5.92 Å². The third-order valence-corrected chi connectivity index (χ3v) is 5.19. The van der Waals surface area contributed by atoms with E-state index in [0.29, 0.717) is 5.92 Å². The van der Waals surface area contributed by atoms with Gasteiger partial charge in [-0.25, -0.2) is 0 Å². The lowest BCUT2D eigenvalue weighted by molar-refractivity contribution is 0.105. The Morgan fingerprint density at radius 2 is 2.05 bits per heavy atom. The van der Waals surface area contributed by atoms with Crippen LogP contribution in [-0.2, 0) is 12.8 Å². The lowest BCUT2D eigenvalue weighted by Gasteiger charge is -2.21. The summed E-state index contributed by atoms with van der Waals surface area (Å²) in [5.41, 5.74) is 2.43. The minimum absolute atomic E-state index is 0.304. The second kappa shape index (κ2) is 5.66. The van der Waals surface area contributed by atoms with Gasteiger partial charge in [0.25, 0.3) is 0 Å². The van der Waals surface area contributed by atoms with Gasteiger partial charge in [0.2, 0.25) is 0 Å². The van der Waals surface area contributed by atoms with Crippen LogP contribution in [0.4, 0.5) is 0 Å². The maximum absolute atomic E-state index is 10.6. The highest BCUT2D eigenvalue weighted by atomic mass is 35.5. The molecule has 1 aliphatic carbocycles. The second-order valence-corrected chi connectivity index (χ2v) is 7.01. The van der Waals surface area contributed by atoms with Crippen molar-refractivity contribution < 1.29 is 5.11 Å². The fourth-order valence-corrected chi connectivity index (χ4v) is 4.13. The van der Waals surface area contributed by atoms with Gasteiger partial charge in [-0.05, 0) is 54.9 Å². The molecule has 0 saturated carbocycles. The van der Waals surface area contributed by atoms with Crippen molar-refractivity contribution >= 4 is 22.9 Å². The van der Waals surface area contributed by atoms with Crippen molar-refractivity contribution in [3.05, 3.63) is 56.7 Å². The highest BCUT2D eigenvalue weighted by Crippen LogP contribution is 2.36. The molecule has 100 valence electrons. The quantitative estimate of drug-likeness (QED) is 0.800. The monoisotopic (exact) mass is 292 g/mol. The van der Waals surface area contributed by atoms with E-state index < -0.39 is 0 Å². The van der Waals surface area contributed by atoms with Crippen molar-refractivity contribution in [2.45, 2.75) is 31.8 Å². The molecule has 19 heavy (non-hydrogen) atoms. The minimum Gasteiger partial charge on any atom is -0.388 e. The van der Waals surface area contributed by atoms with Crippen LogP contribution in [-0.4, -0.2) is 5.11 Å². The molecule has 1 N–H and O–H groups in total. The predicted octanol–water partition coefficient (Wildman–Crippen LogP) is 4.63. The average molecular weight is 293 g/mol. The number of hydrogen-bond acceptors (Lipinski definition) is 2. The van der Waals surface area contributed by atoms with Crippen molar-refractivity contribution in [3.63, 3.8) is 0 Å². The summed E-state index contributed by atoms with van der Waals surface area (Å²) >= 11 is 7.61. The van der Waals surface area contributed by atoms with E-state index in [-0.39, 0.29) is 6.10 Å². The van der Waals surface area contributed by atoms with Gasteiger partial charge in [0.05, 0.1) is 10.4 Å². The second-order valence-electron chi connectivity index (χ2n) is 5.21. The number of rotatable bonds is 2. The fraction of sp³-hybridized carbons (Fsp3) is 0.375. The van der Waals surface area contributed by atoms with E-state index in [1.807, 2.05) is 12.1 Å². The molecular weight excluding hydrogens is 276 g/mol. The lowest BCUT2D eigenvalue weighted by Crippen LogP contribution is -2.14. The van der Waals surface area contributed by atoms with Crippen molar-refractivity contribution in [1.82, 2.24) is 0 Å². The van der Waals surface area contributed by atoms with Gasteiger partial charge in [0.15, 0.2) is 0 Å². The summed E-state index contributed by atoms with van der Waals surface area (Å²) in [6.07, 6.45) is 3.88. The Balaban J connectivity index is 1.83. The molecule has 0 fully saturated rings. The molecule has 0 amide bonds. The van der Waals surface area contributed by atoms with Gasteiger partial charge in [-0.2, -0.15) is 0 Å². The minimum atomic E-state index is -0.348. The van der Waals surface area contributed by atoms with Crippen LogP contribution >= 0.6 is 22.9 Å². The summed E-state index contributed by atoms with van der Waals surface area (Å²) in [4.78, 5) is 1.27. The molecule has 1 nitrogen and oxygen atoms in total. The van der Waals surface area contributed by atoms with Gasteiger partial charge in [-0.15, -0.1) is 11.3 Å². The van der Waals surface area contributed by atoms with Gasteiger partial charge >= 0.3 is 0 Å². The molecule has 0 saturated heterocycles. The first-order valence-electron chi connectivity index (χ1n) is 6.74. The molecule has 1 aliphatic rings. The van der Waals surface area contributed by atoms with Crippen LogP contribution in [0.1, 0.15) is 34.9 Å². The molecule has 0 aliphatic heterocycles. The van der Waals surface area contributed by atoms with E-state index in [1.54, 1.807) is 11.3 Å². The molecule has 3 heteroatoms. The maximum atomic E-state index is 10.6. The first kappa shape index (κ1) is 13.2. The van der Waals surface area contributed by atoms with Crippen molar-refractivity contribution in [2.75, 3.05) is 0 Å². The zero-order valence-electron chi connectivity index (χ0n) is 10.7. The Kier molecular flexibility index (Phi) is 3.92. The normalized spacial score (nSPS) is 22.8. The van der Waals surface area contributed by atoms with E-state index in [2.05, 4.69) is 24.3 Å². The number of fused-ring (bicyclic) bond motifs is 1. The van der Waals surface area contributed by atoms with Gasteiger partial charge in [-0.1, -0.05) is 35.9 Å². The largest absolute Gasteiger partial charge is 0.388 e. The summed E-state index contributed by atoms with van der Waals surface area (Å²) < 4.78 is 0.832. The Bertz CT molecular complexity index is 563. The van der Waals surface area contributed by atoms with E-state index in [0.717, 1.165) is 35.6 Å². The molecule has 0 radical (unpaired) electrons. The third kappa shape index (κ3) is 2.86. The van der Waals surface area contributed by atoms with Crippen LogP contribution < -0.4 is 0 Å². The maximum Gasteiger partial charge on any atom is 0.0931 e. The first-order chi connectivity index (χ1) is 9.24. The van der Waals surface area contributed by atoms with Gasteiger partial charge in [-0.3, -0.25) is 0 Å². The summed E-state index contributed by atoms with van der Waals surface area (Å²) in [6, 6.07) is 12.3. The molecular formula is C16H17ClOS. The number of thiophene rings is 1. The summed E-state index contributed by atoms with van der Waals surface area (Å²) in [5, 5.41) is 10.6. The lowest BCUT2D eigenvalue weighted by atomic mass is 9.90. The molecule has 1 heterocycles. The number of aryl methyl sites for hydroxylation is 1. The number of halogens is 1. The molecule has 2 atom stereocenters. The van der Waals surface area contributed by atoms with Crippen LogP contribution in [0.2, 0.25) is 4.34 Å². The van der Waals surface area contributed by atoms with Crippen molar-refractivity contribution in [3.8, 4) is 0 Å². The zero-order valence-corrected chi connectivity index (χ0v) is 12.3. The van der Waals surface area contributed by atoms with Crippen LogP contribution in [0.15, 0.2) is 36.4 Å². The molecule has 2 aromatic rings. The molecule has 0 spiro atoms. The van der Waals surface area contributed by atoms with Crippen LogP contribution in [0, 0.1) is 5.92 Å². The SMILES string of the molecule is OC1c2ccccc2CCCC1Cc1ccc(Cl)s1. The van der Waals surface area contributed by atoms with E-state index in [1.165, 1.54) is 10.4 Å². The topological polar surface area (TPSA) is 20.2 Å². The van der Waals surface area contributed by atoms with E-state index in [9.17, 15) is 5.11 Å². The van der Waals surface area contributed by atoms with Gasteiger partial charge < -0.3 is 5.11 Å². The van der Waals surface area contributed by atoms with Crippen LogP contribution in [0.5, 0.6) is 0 Å². The summed E-state index contributed by atoms with van der Waals surface area (Å²) in [5.74, 6) is 0.304. The third-order valence-electron chi connectivity index (χ3n) is 3.93. The van der Waals surface area contributed by atoms with Gasteiger partial charge in [0.1, 0.15) is 0 Å². The Morgan fingerprint density at radius 3 is 2.84 bits per heavy atom. The van der Waals surface area contributed by atoms with E-state index >= 15 is 0 Å². The Labute approximate surface area is 122 Å². The fourth-order valence-electron chi connectivity index (χ4n) is 2.95. The van der Waals surface area contributed by atoms with Crippen LogP contribution in [0.25, 0.3) is 0 Å². The highest BCUT2D eigenvalue weighted by Gasteiger charge is 2.26. The van der Waals surface area contributed by atoms with Crippen molar-refractivity contribution in [1.29, 1.82) is 0 Å². The molecule has 1 aromatic heterocycles. The highest BCUT2D eigenvalue weighted by molar-refractivity contribution is 7.16. The Hall–Kier alpha value is -0.830.